The minimum absolute atomic E-state index is 0.182. The number of benzene rings is 1. The van der Waals surface area contributed by atoms with Gasteiger partial charge in [-0.3, -0.25) is 5.32 Å². The van der Waals surface area contributed by atoms with Gasteiger partial charge in [0.1, 0.15) is 5.60 Å². The van der Waals surface area contributed by atoms with Crippen LogP contribution in [0.5, 0.6) is 0 Å². The second kappa shape index (κ2) is 7.82. The van der Waals surface area contributed by atoms with E-state index in [0.717, 1.165) is 5.56 Å². The number of amides is 1. The van der Waals surface area contributed by atoms with Gasteiger partial charge in [0.2, 0.25) is 0 Å². The smallest absolute Gasteiger partial charge is 0.412 e. The van der Waals surface area contributed by atoms with E-state index in [9.17, 15) is 13.2 Å². The number of ether oxygens (including phenoxy) is 1. The summed E-state index contributed by atoms with van der Waals surface area (Å²) < 4.78 is 32.9. The van der Waals surface area contributed by atoms with Gasteiger partial charge in [-0.1, -0.05) is 18.2 Å². The van der Waals surface area contributed by atoms with Crippen molar-refractivity contribution >= 4 is 43.5 Å². The summed E-state index contributed by atoms with van der Waals surface area (Å²) in [6.45, 7) is 5.38. The van der Waals surface area contributed by atoms with E-state index < -0.39 is 21.7 Å². The number of aromatic nitrogens is 2. The first-order chi connectivity index (χ1) is 14.6. The Labute approximate surface area is 184 Å². The predicted octanol–water partition coefficient (Wildman–Crippen LogP) is 5.35. The fourth-order valence-corrected chi connectivity index (χ4v) is 5.23. The van der Waals surface area contributed by atoms with Gasteiger partial charge in [-0.05, 0) is 56.7 Å². The number of carbonyl (C=O) groups excluding carboxylic acids is 1. The summed E-state index contributed by atoms with van der Waals surface area (Å²) in [7, 11) is -3.82. The second-order valence-corrected chi connectivity index (χ2v) is 10.6. The Morgan fingerprint density at radius 2 is 1.87 bits per heavy atom. The molecule has 1 aromatic carbocycles. The van der Waals surface area contributed by atoms with Crippen LogP contribution in [0, 0.1) is 0 Å². The number of thiophene rings is 1. The summed E-state index contributed by atoms with van der Waals surface area (Å²) in [6.07, 6.45) is 2.59. The van der Waals surface area contributed by atoms with Crippen molar-refractivity contribution in [1.82, 2.24) is 8.96 Å². The van der Waals surface area contributed by atoms with Crippen molar-refractivity contribution in [2.24, 2.45) is 0 Å². The van der Waals surface area contributed by atoms with Crippen LogP contribution in [0.1, 0.15) is 20.8 Å². The van der Waals surface area contributed by atoms with Crippen LogP contribution in [0.15, 0.2) is 71.2 Å². The van der Waals surface area contributed by atoms with Gasteiger partial charge in [0.25, 0.3) is 10.0 Å². The van der Waals surface area contributed by atoms with Gasteiger partial charge < -0.3 is 4.74 Å². The Morgan fingerprint density at radius 1 is 1.13 bits per heavy atom. The topological polar surface area (TPSA) is 90.3 Å². The predicted molar refractivity (Wildman–Crippen MR) is 122 cm³/mol. The average Bonchev–Trinajstić information content (AvgIpc) is 3.32. The SMILES string of the molecule is CC(C)(C)OC(=O)Nc1cc(-c2cn(S(=O)(=O)c3ccccc3)c3ncccc23)cs1. The summed E-state index contributed by atoms with van der Waals surface area (Å²) >= 11 is 1.33. The van der Waals surface area contributed by atoms with Crippen molar-refractivity contribution in [3.8, 4) is 11.1 Å². The van der Waals surface area contributed by atoms with E-state index >= 15 is 0 Å². The van der Waals surface area contributed by atoms with Crippen molar-refractivity contribution < 1.29 is 17.9 Å². The van der Waals surface area contributed by atoms with Crippen LogP contribution in [-0.4, -0.2) is 29.1 Å². The zero-order chi connectivity index (χ0) is 22.2. The number of anilines is 1. The van der Waals surface area contributed by atoms with Crippen LogP contribution in [0.4, 0.5) is 9.80 Å². The second-order valence-electron chi connectivity index (χ2n) is 7.86. The first-order valence-electron chi connectivity index (χ1n) is 9.51. The maximum absolute atomic E-state index is 13.2. The highest BCUT2D eigenvalue weighted by Gasteiger charge is 2.23. The Kier molecular flexibility index (Phi) is 5.32. The number of hydrogen-bond donors (Lipinski definition) is 1. The molecule has 0 saturated heterocycles. The van der Waals surface area contributed by atoms with Gasteiger partial charge in [-0.2, -0.15) is 0 Å². The third kappa shape index (κ3) is 4.33. The molecule has 0 aliphatic rings. The number of nitrogens with one attached hydrogen (secondary N) is 1. The molecule has 0 bridgehead atoms. The van der Waals surface area contributed by atoms with Crippen molar-refractivity contribution in [3.63, 3.8) is 0 Å². The van der Waals surface area contributed by atoms with Crippen molar-refractivity contribution in [3.05, 3.63) is 66.3 Å². The van der Waals surface area contributed by atoms with Gasteiger partial charge in [0.15, 0.2) is 5.65 Å². The molecule has 0 saturated carbocycles. The van der Waals surface area contributed by atoms with E-state index in [-0.39, 0.29) is 4.90 Å². The van der Waals surface area contributed by atoms with Gasteiger partial charge in [-0.15, -0.1) is 11.3 Å². The molecule has 4 rings (SSSR count). The standard InChI is InChI=1S/C22H21N3O4S2/c1-22(2,3)29-21(26)24-19-12-15(14-30-19)18-13-25(20-17(18)10-7-11-23-20)31(27,28)16-8-5-4-6-9-16/h4-14H,1-3H3,(H,24,26). The van der Waals surface area contributed by atoms with Gasteiger partial charge in [0.05, 0.1) is 9.90 Å². The largest absolute Gasteiger partial charge is 0.444 e. The molecular weight excluding hydrogens is 434 g/mol. The zero-order valence-electron chi connectivity index (χ0n) is 17.2. The van der Waals surface area contributed by atoms with E-state index in [1.165, 1.54) is 15.3 Å². The van der Waals surface area contributed by atoms with E-state index in [1.54, 1.807) is 75.6 Å². The molecule has 0 aliphatic heterocycles. The summed E-state index contributed by atoms with van der Waals surface area (Å²) in [5, 5.41) is 5.87. The monoisotopic (exact) mass is 455 g/mol. The van der Waals surface area contributed by atoms with E-state index in [2.05, 4.69) is 10.3 Å². The van der Waals surface area contributed by atoms with E-state index in [1.807, 2.05) is 11.4 Å². The average molecular weight is 456 g/mol. The summed E-state index contributed by atoms with van der Waals surface area (Å²) in [5.74, 6) is 0. The van der Waals surface area contributed by atoms with E-state index in [4.69, 9.17) is 4.74 Å². The van der Waals surface area contributed by atoms with Crippen LogP contribution >= 0.6 is 11.3 Å². The maximum atomic E-state index is 13.2. The molecule has 0 radical (unpaired) electrons. The molecule has 3 heterocycles. The number of hydrogen-bond acceptors (Lipinski definition) is 6. The highest BCUT2D eigenvalue weighted by Crippen LogP contribution is 2.36. The minimum Gasteiger partial charge on any atom is -0.444 e. The molecule has 31 heavy (non-hydrogen) atoms. The van der Waals surface area contributed by atoms with Gasteiger partial charge in [0, 0.05) is 28.7 Å². The molecule has 1 N–H and O–H groups in total. The zero-order valence-corrected chi connectivity index (χ0v) is 18.8. The molecule has 1 amide bonds. The summed E-state index contributed by atoms with van der Waals surface area (Å²) in [5.41, 5.74) is 1.22. The Bertz CT molecular complexity index is 1350. The molecule has 0 atom stereocenters. The van der Waals surface area contributed by atoms with Crippen LogP contribution in [0.2, 0.25) is 0 Å². The molecule has 7 nitrogen and oxygen atoms in total. The fourth-order valence-electron chi connectivity index (χ4n) is 3.10. The molecule has 3 aromatic heterocycles. The third-order valence-corrected chi connectivity index (χ3v) is 6.88. The number of carbonyl (C=O) groups is 1. The Hall–Kier alpha value is -3.17. The Morgan fingerprint density at radius 3 is 2.58 bits per heavy atom. The number of pyridine rings is 1. The first-order valence-corrected chi connectivity index (χ1v) is 11.8. The molecule has 0 aliphatic carbocycles. The normalized spacial score (nSPS) is 12.1. The lowest BCUT2D eigenvalue weighted by atomic mass is 10.1. The highest BCUT2D eigenvalue weighted by atomic mass is 32.2. The quantitative estimate of drug-likeness (QED) is 0.448. The molecule has 160 valence electrons. The first kappa shape index (κ1) is 21.1. The molecule has 4 aromatic rings. The minimum atomic E-state index is -3.82. The molecule has 0 spiro atoms. The number of rotatable bonds is 4. The lowest BCUT2D eigenvalue weighted by molar-refractivity contribution is 0.0636. The number of fused-ring (bicyclic) bond motifs is 1. The van der Waals surface area contributed by atoms with Crippen LogP contribution < -0.4 is 5.32 Å². The molecule has 0 unspecified atom stereocenters. The lowest BCUT2D eigenvalue weighted by Gasteiger charge is -2.19. The van der Waals surface area contributed by atoms with Crippen LogP contribution in [0.3, 0.4) is 0 Å². The van der Waals surface area contributed by atoms with Crippen molar-refractivity contribution in [1.29, 1.82) is 0 Å². The third-order valence-electron chi connectivity index (χ3n) is 4.37. The van der Waals surface area contributed by atoms with Crippen molar-refractivity contribution in [2.45, 2.75) is 31.3 Å². The highest BCUT2D eigenvalue weighted by molar-refractivity contribution is 7.90. The van der Waals surface area contributed by atoms with E-state index in [0.29, 0.717) is 21.6 Å². The lowest BCUT2D eigenvalue weighted by Crippen LogP contribution is -2.26. The Balaban J connectivity index is 1.74. The molecule has 9 heteroatoms. The van der Waals surface area contributed by atoms with Gasteiger partial charge in [-0.25, -0.2) is 22.2 Å². The fraction of sp³-hybridized carbons (Fsp3) is 0.182. The van der Waals surface area contributed by atoms with Crippen LogP contribution in [-0.2, 0) is 14.8 Å². The summed E-state index contributed by atoms with van der Waals surface area (Å²) in [4.78, 5) is 16.6. The summed E-state index contributed by atoms with van der Waals surface area (Å²) in [6, 6.07) is 13.6. The number of nitrogens with zero attached hydrogens (tertiary/aromatic N) is 2. The molecule has 0 fully saturated rings. The van der Waals surface area contributed by atoms with Crippen LogP contribution in [0.25, 0.3) is 22.2 Å². The molecular formula is C22H21N3O4S2. The van der Waals surface area contributed by atoms with Crippen molar-refractivity contribution in [2.75, 3.05) is 5.32 Å². The maximum Gasteiger partial charge on any atom is 0.412 e. The van der Waals surface area contributed by atoms with Gasteiger partial charge >= 0.3 is 6.09 Å².